The van der Waals surface area contributed by atoms with Gasteiger partial charge in [0.25, 0.3) is 0 Å². The number of anilines is 1. The molecule has 0 atom stereocenters. The minimum Gasteiger partial charge on any atom is -0.493 e. The first-order chi connectivity index (χ1) is 11.6. The maximum absolute atomic E-state index is 6.01. The normalized spacial score (nSPS) is 10.6. The summed E-state index contributed by atoms with van der Waals surface area (Å²) in [5, 5.41) is 7.78. The summed E-state index contributed by atoms with van der Waals surface area (Å²) in [6, 6.07) is 10.7. The number of ether oxygens (including phenoxy) is 2. The van der Waals surface area contributed by atoms with E-state index in [-0.39, 0.29) is 0 Å². The van der Waals surface area contributed by atoms with Gasteiger partial charge in [0.1, 0.15) is 5.75 Å². The van der Waals surface area contributed by atoms with E-state index in [2.05, 4.69) is 10.2 Å². The van der Waals surface area contributed by atoms with E-state index in [9.17, 15) is 0 Å². The van der Waals surface area contributed by atoms with Gasteiger partial charge in [-0.15, -0.1) is 0 Å². The standard InChI is InChI=1S/C17H15Cl2N3O2/c1-23-17-7-10(6-15-14(20)9-21-22-15)2-5-16(17)24-11-3-4-12(18)13(19)8-11/h2-5,7-9H,6,20H2,1H3,(H,21,22). The van der Waals surface area contributed by atoms with E-state index in [0.717, 1.165) is 11.3 Å². The summed E-state index contributed by atoms with van der Waals surface area (Å²) < 4.78 is 11.3. The number of nitrogens with one attached hydrogen (secondary N) is 1. The van der Waals surface area contributed by atoms with Crippen LogP contribution in [-0.4, -0.2) is 17.3 Å². The van der Waals surface area contributed by atoms with Crippen molar-refractivity contribution in [3.63, 3.8) is 0 Å². The molecule has 5 nitrogen and oxygen atoms in total. The largest absolute Gasteiger partial charge is 0.493 e. The zero-order valence-corrected chi connectivity index (χ0v) is 14.4. The van der Waals surface area contributed by atoms with Crippen LogP contribution < -0.4 is 15.2 Å². The number of aromatic amines is 1. The monoisotopic (exact) mass is 363 g/mol. The highest BCUT2D eigenvalue weighted by molar-refractivity contribution is 6.42. The molecule has 0 amide bonds. The number of hydrogen-bond acceptors (Lipinski definition) is 4. The van der Waals surface area contributed by atoms with Crippen molar-refractivity contribution in [3.05, 3.63) is 63.9 Å². The number of rotatable bonds is 5. The van der Waals surface area contributed by atoms with Gasteiger partial charge < -0.3 is 15.2 Å². The lowest BCUT2D eigenvalue weighted by molar-refractivity contribution is 0.378. The highest BCUT2D eigenvalue weighted by Gasteiger charge is 2.10. The molecule has 1 aromatic heterocycles. The Bertz CT molecular complexity index is 865. The van der Waals surface area contributed by atoms with Crippen LogP contribution >= 0.6 is 23.2 Å². The van der Waals surface area contributed by atoms with Crippen LogP contribution in [0.15, 0.2) is 42.6 Å². The molecule has 3 aromatic rings. The van der Waals surface area contributed by atoms with E-state index in [4.69, 9.17) is 38.4 Å². The van der Waals surface area contributed by atoms with Crippen molar-refractivity contribution in [2.24, 2.45) is 0 Å². The molecule has 3 rings (SSSR count). The summed E-state index contributed by atoms with van der Waals surface area (Å²) in [6.07, 6.45) is 2.26. The lowest BCUT2D eigenvalue weighted by Crippen LogP contribution is -1.96. The molecule has 0 saturated carbocycles. The number of halogens is 2. The van der Waals surface area contributed by atoms with E-state index in [0.29, 0.717) is 39.4 Å². The second kappa shape index (κ2) is 7.03. The summed E-state index contributed by atoms with van der Waals surface area (Å²) >= 11 is 11.9. The minimum absolute atomic E-state index is 0.429. The molecule has 0 radical (unpaired) electrons. The minimum atomic E-state index is 0.429. The van der Waals surface area contributed by atoms with Gasteiger partial charge in [-0.3, -0.25) is 5.10 Å². The fourth-order valence-electron chi connectivity index (χ4n) is 2.24. The fourth-order valence-corrected chi connectivity index (χ4v) is 2.52. The Balaban J connectivity index is 1.83. The van der Waals surface area contributed by atoms with Gasteiger partial charge in [0.2, 0.25) is 0 Å². The zero-order valence-electron chi connectivity index (χ0n) is 12.8. The summed E-state index contributed by atoms with van der Waals surface area (Å²) in [6.45, 7) is 0. The van der Waals surface area contributed by atoms with Crippen LogP contribution in [0.4, 0.5) is 5.69 Å². The Morgan fingerprint density at radius 1 is 1.08 bits per heavy atom. The van der Waals surface area contributed by atoms with Crippen LogP contribution in [0.1, 0.15) is 11.3 Å². The van der Waals surface area contributed by atoms with Crippen LogP contribution in [0.5, 0.6) is 17.2 Å². The molecule has 24 heavy (non-hydrogen) atoms. The molecule has 0 saturated heterocycles. The van der Waals surface area contributed by atoms with E-state index >= 15 is 0 Å². The van der Waals surface area contributed by atoms with Crippen LogP contribution in [-0.2, 0) is 6.42 Å². The smallest absolute Gasteiger partial charge is 0.169 e. The number of methoxy groups -OCH3 is 1. The number of H-pyrrole nitrogens is 1. The molecule has 0 aliphatic carbocycles. The number of aromatic nitrogens is 2. The van der Waals surface area contributed by atoms with Crippen LogP contribution in [0, 0.1) is 0 Å². The second-order valence-electron chi connectivity index (χ2n) is 5.13. The highest BCUT2D eigenvalue weighted by Crippen LogP contribution is 2.35. The van der Waals surface area contributed by atoms with E-state index in [1.54, 1.807) is 31.5 Å². The second-order valence-corrected chi connectivity index (χ2v) is 5.94. The number of nitrogens with zero attached hydrogens (tertiary/aromatic N) is 1. The quantitative estimate of drug-likeness (QED) is 0.689. The van der Waals surface area contributed by atoms with Crippen molar-refractivity contribution in [2.75, 3.05) is 12.8 Å². The van der Waals surface area contributed by atoms with Gasteiger partial charge in [-0.05, 0) is 29.8 Å². The summed E-state index contributed by atoms with van der Waals surface area (Å²) in [4.78, 5) is 0. The van der Waals surface area contributed by atoms with Crippen molar-refractivity contribution in [2.45, 2.75) is 6.42 Å². The number of benzene rings is 2. The fraction of sp³-hybridized carbons (Fsp3) is 0.118. The van der Waals surface area contributed by atoms with Crippen molar-refractivity contribution in [1.29, 1.82) is 0 Å². The lowest BCUT2D eigenvalue weighted by atomic mass is 10.1. The van der Waals surface area contributed by atoms with Crippen molar-refractivity contribution >= 4 is 28.9 Å². The van der Waals surface area contributed by atoms with Gasteiger partial charge in [0.15, 0.2) is 11.5 Å². The molecule has 0 aliphatic heterocycles. The SMILES string of the molecule is COc1cc(Cc2n[nH]cc2N)ccc1Oc1ccc(Cl)c(Cl)c1. The maximum atomic E-state index is 6.01. The van der Waals surface area contributed by atoms with Gasteiger partial charge in [0.05, 0.1) is 28.5 Å². The topological polar surface area (TPSA) is 73.2 Å². The summed E-state index contributed by atoms with van der Waals surface area (Å²) in [5.74, 6) is 1.76. The Morgan fingerprint density at radius 3 is 2.58 bits per heavy atom. The highest BCUT2D eigenvalue weighted by atomic mass is 35.5. The van der Waals surface area contributed by atoms with Crippen molar-refractivity contribution in [3.8, 4) is 17.2 Å². The molecule has 0 aliphatic rings. The number of nitrogens with two attached hydrogens (primary N) is 1. The third-order valence-corrected chi connectivity index (χ3v) is 4.21. The molecule has 7 heteroatoms. The molecule has 1 heterocycles. The first-order valence-corrected chi connectivity index (χ1v) is 7.90. The van der Waals surface area contributed by atoms with E-state index in [1.807, 2.05) is 18.2 Å². The molecular weight excluding hydrogens is 349 g/mol. The third kappa shape index (κ3) is 3.58. The third-order valence-electron chi connectivity index (χ3n) is 3.47. The Labute approximate surface area is 149 Å². The van der Waals surface area contributed by atoms with E-state index in [1.165, 1.54) is 0 Å². The van der Waals surface area contributed by atoms with Gasteiger partial charge >= 0.3 is 0 Å². The molecule has 3 N–H and O–H groups in total. The predicted molar refractivity (Wildman–Crippen MR) is 95.3 cm³/mol. The first-order valence-electron chi connectivity index (χ1n) is 7.14. The van der Waals surface area contributed by atoms with Gasteiger partial charge in [0, 0.05) is 18.7 Å². The summed E-state index contributed by atoms with van der Waals surface area (Å²) in [5.41, 5.74) is 8.27. The molecule has 0 bridgehead atoms. The van der Waals surface area contributed by atoms with E-state index < -0.39 is 0 Å². The average molecular weight is 364 g/mol. The Kier molecular flexibility index (Phi) is 4.83. The Morgan fingerprint density at radius 2 is 1.92 bits per heavy atom. The molecule has 0 unspecified atom stereocenters. The number of hydrogen-bond donors (Lipinski definition) is 2. The molecule has 124 valence electrons. The predicted octanol–water partition coefficient (Wildman–Crippen LogP) is 4.69. The lowest BCUT2D eigenvalue weighted by Gasteiger charge is -2.12. The maximum Gasteiger partial charge on any atom is 0.169 e. The van der Waals surface area contributed by atoms with Crippen molar-refractivity contribution in [1.82, 2.24) is 10.2 Å². The van der Waals surface area contributed by atoms with Gasteiger partial charge in [-0.25, -0.2) is 0 Å². The molecule has 0 fully saturated rings. The van der Waals surface area contributed by atoms with Crippen LogP contribution in [0.2, 0.25) is 10.0 Å². The van der Waals surface area contributed by atoms with Crippen molar-refractivity contribution < 1.29 is 9.47 Å². The molecular formula is C17H15Cl2N3O2. The van der Waals surface area contributed by atoms with Gasteiger partial charge in [-0.1, -0.05) is 29.3 Å². The zero-order chi connectivity index (χ0) is 17.1. The molecule has 0 spiro atoms. The van der Waals surface area contributed by atoms with Crippen LogP contribution in [0.3, 0.4) is 0 Å². The summed E-state index contributed by atoms with van der Waals surface area (Å²) in [7, 11) is 1.59. The molecule has 2 aromatic carbocycles. The Hall–Kier alpha value is -2.37. The van der Waals surface area contributed by atoms with Crippen LogP contribution in [0.25, 0.3) is 0 Å². The number of nitrogen functional groups attached to an aromatic ring is 1. The first kappa shape index (κ1) is 16.5. The average Bonchev–Trinajstić information content (AvgIpc) is 2.97. The van der Waals surface area contributed by atoms with Gasteiger partial charge in [-0.2, -0.15) is 5.10 Å².